The molecular weight excluding hydrogens is 684 g/mol. The summed E-state index contributed by atoms with van der Waals surface area (Å²) in [6.45, 7) is 3.21. The number of hydrogen-bond acceptors (Lipinski definition) is 11. The van der Waals surface area contributed by atoms with Crippen molar-refractivity contribution < 1.29 is 51.4 Å². The fourth-order valence-corrected chi connectivity index (χ4v) is 4.88. The number of methoxy groups -OCH3 is 2. The molecule has 2 rings (SSSR count). The molecule has 2 aromatic carbocycles. The lowest BCUT2D eigenvalue weighted by molar-refractivity contribution is -0.141. The molecule has 0 aliphatic carbocycles. The van der Waals surface area contributed by atoms with Crippen molar-refractivity contribution in [2.45, 2.75) is 57.5 Å². The Labute approximate surface area is 297 Å². The zero-order valence-electron chi connectivity index (χ0n) is 29.0. The van der Waals surface area contributed by atoms with Gasteiger partial charge in [-0.3, -0.25) is 19.2 Å². The van der Waals surface area contributed by atoms with Crippen LogP contribution in [0.1, 0.15) is 43.9 Å². The Morgan fingerprint density at radius 3 is 1.98 bits per heavy atom. The summed E-state index contributed by atoms with van der Waals surface area (Å²) < 4.78 is 37.9. The third kappa shape index (κ3) is 15.7. The summed E-state index contributed by atoms with van der Waals surface area (Å²) >= 11 is 0. The first-order valence-electron chi connectivity index (χ1n) is 15.8. The van der Waals surface area contributed by atoms with Crippen LogP contribution in [0.15, 0.2) is 84.3 Å². The fourth-order valence-electron chi connectivity index (χ4n) is 4.41. The average molecular weight is 729 g/mol. The van der Waals surface area contributed by atoms with Crippen LogP contribution in [0.4, 0.5) is 4.79 Å². The lowest BCUT2D eigenvalue weighted by Crippen LogP contribution is -2.55. The molecule has 16 heteroatoms. The van der Waals surface area contributed by atoms with Crippen molar-refractivity contribution in [3.05, 3.63) is 95.4 Å². The maximum atomic E-state index is 13.9. The topological polar surface area (TPSA) is 212 Å². The van der Waals surface area contributed by atoms with E-state index in [0.717, 1.165) is 30.9 Å². The first-order valence-corrected chi connectivity index (χ1v) is 17.7. The normalized spacial score (nSPS) is 13.8. The smallest absolute Gasteiger partial charge is 0.408 e. The highest BCUT2D eigenvalue weighted by molar-refractivity contribution is 7.93. The second kappa shape index (κ2) is 20.9. The molecule has 0 aromatic heterocycles. The number of ether oxygens (including phenoxy) is 3. The van der Waals surface area contributed by atoms with Crippen LogP contribution in [-0.2, 0) is 54.6 Å². The summed E-state index contributed by atoms with van der Waals surface area (Å²) in [6.07, 6.45) is 2.94. The number of alkyl carbamates (subject to hydrolysis) is 1. The second-order valence-corrected chi connectivity index (χ2v) is 13.5. The van der Waals surface area contributed by atoms with Gasteiger partial charge in [0.1, 0.15) is 24.7 Å². The van der Waals surface area contributed by atoms with Crippen molar-refractivity contribution in [1.29, 1.82) is 0 Å². The maximum Gasteiger partial charge on any atom is 0.408 e. The van der Waals surface area contributed by atoms with E-state index in [1.807, 2.05) is 0 Å². The second-order valence-electron chi connectivity index (χ2n) is 11.6. The Balaban J connectivity index is 2.33. The van der Waals surface area contributed by atoms with E-state index >= 15 is 0 Å². The molecule has 0 saturated heterocycles. The molecule has 4 amide bonds. The minimum absolute atomic E-state index is 0.0861. The highest BCUT2D eigenvalue weighted by atomic mass is 32.2. The molecule has 276 valence electrons. The van der Waals surface area contributed by atoms with Gasteiger partial charge in [0.15, 0.2) is 9.84 Å². The first kappa shape index (κ1) is 41.7. The first-order chi connectivity index (χ1) is 24.1. The van der Waals surface area contributed by atoms with Gasteiger partial charge in [-0.05, 0) is 23.5 Å². The average Bonchev–Trinajstić information content (AvgIpc) is 3.10. The van der Waals surface area contributed by atoms with Crippen molar-refractivity contribution in [1.82, 2.24) is 21.3 Å². The molecule has 51 heavy (non-hydrogen) atoms. The summed E-state index contributed by atoms with van der Waals surface area (Å²) in [5.74, 6) is -4.28. The largest absolute Gasteiger partial charge is 0.469 e. The molecule has 0 spiro atoms. The van der Waals surface area contributed by atoms with Crippen LogP contribution in [0.25, 0.3) is 0 Å². The van der Waals surface area contributed by atoms with E-state index in [2.05, 4.69) is 30.7 Å². The van der Waals surface area contributed by atoms with Gasteiger partial charge in [-0.25, -0.2) is 18.0 Å². The Bertz CT molecular complexity index is 1660. The molecule has 0 aliphatic rings. The van der Waals surface area contributed by atoms with Crippen LogP contribution < -0.4 is 21.3 Å². The van der Waals surface area contributed by atoms with E-state index in [1.54, 1.807) is 74.5 Å². The molecule has 4 N–H and O–H groups in total. The van der Waals surface area contributed by atoms with E-state index in [4.69, 9.17) is 4.74 Å². The minimum atomic E-state index is -3.60. The van der Waals surface area contributed by atoms with Gasteiger partial charge in [-0.15, -0.1) is 0 Å². The Morgan fingerprint density at radius 1 is 0.784 bits per heavy atom. The van der Waals surface area contributed by atoms with Gasteiger partial charge in [0.2, 0.25) is 17.7 Å². The molecule has 0 saturated carbocycles. The van der Waals surface area contributed by atoms with Crippen LogP contribution in [0, 0.1) is 5.92 Å². The highest BCUT2D eigenvalue weighted by Crippen LogP contribution is 2.16. The molecule has 2 aromatic rings. The van der Waals surface area contributed by atoms with E-state index < -0.39 is 75.7 Å². The van der Waals surface area contributed by atoms with E-state index in [1.165, 1.54) is 13.2 Å². The van der Waals surface area contributed by atoms with E-state index in [0.29, 0.717) is 11.1 Å². The summed E-state index contributed by atoms with van der Waals surface area (Å²) in [4.78, 5) is 77.3. The van der Waals surface area contributed by atoms with Gasteiger partial charge in [-0.2, -0.15) is 0 Å². The Kier molecular flexibility index (Phi) is 17.1. The number of amides is 4. The van der Waals surface area contributed by atoms with Crippen molar-refractivity contribution in [2.24, 2.45) is 5.92 Å². The predicted octanol–water partition coefficient (Wildman–Crippen LogP) is 2.01. The standard InChI is InChI=1S/C35H44N4O11S/c1-23(2)30(33(43)36-26(21-29(41)49-4)19-20-51(5,46)47)38-34(44)31(25-15-10-7-11-16-25)39-32(42)27(17-12-18-28(40)48-3)37-35(45)50-22-24-13-8-6-9-14-24/h6-16,18-20,23,26-27,30-31H,17,21-22H2,1-5H3,(H,36,43)(H,37,45)(H,38,44)(H,39,42)/b18-12+,20-19+/t26-,27+,30?,31+/m1/s1. The van der Waals surface area contributed by atoms with Crippen LogP contribution in [0.2, 0.25) is 0 Å². The van der Waals surface area contributed by atoms with Crippen LogP contribution in [0.3, 0.4) is 0 Å². The molecular formula is C35H44N4O11S. The van der Waals surface area contributed by atoms with Crippen molar-refractivity contribution in [3.63, 3.8) is 0 Å². The van der Waals surface area contributed by atoms with Crippen LogP contribution >= 0.6 is 0 Å². The van der Waals surface area contributed by atoms with Crippen LogP contribution in [-0.4, -0.2) is 82.8 Å². The zero-order chi connectivity index (χ0) is 38.0. The molecule has 0 bridgehead atoms. The van der Waals surface area contributed by atoms with Gasteiger partial charge in [0.05, 0.1) is 26.7 Å². The van der Waals surface area contributed by atoms with Crippen molar-refractivity contribution in [3.8, 4) is 0 Å². The third-order valence-electron chi connectivity index (χ3n) is 7.08. The summed E-state index contributed by atoms with van der Waals surface area (Å²) in [6, 6.07) is 11.9. The fraction of sp³-hybridized carbons (Fsp3) is 0.371. The number of carbonyl (C=O) groups excluding carboxylic acids is 6. The zero-order valence-corrected chi connectivity index (χ0v) is 29.8. The minimum Gasteiger partial charge on any atom is -0.469 e. The maximum absolute atomic E-state index is 13.9. The lowest BCUT2D eigenvalue weighted by atomic mass is 10.00. The van der Waals surface area contributed by atoms with E-state index in [9.17, 15) is 37.2 Å². The van der Waals surface area contributed by atoms with Gasteiger partial charge >= 0.3 is 18.0 Å². The molecule has 1 unspecified atom stereocenters. The SMILES string of the molecule is COC(=O)/C=C/C[C@H](NC(=O)OCc1ccccc1)C(=O)N[C@H](C(=O)NC(C(=O)N[C@H](/C=C/S(C)(=O)=O)CC(=O)OC)C(C)C)c1ccccc1. The van der Waals surface area contributed by atoms with Gasteiger partial charge in [0, 0.05) is 17.7 Å². The number of rotatable bonds is 18. The highest BCUT2D eigenvalue weighted by Gasteiger charge is 2.32. The molecule has 4 atom stereocenters. The lowest BCUT2D eigenvalue weighted by Gasteiger charge is -2.27. The molecule has 15 nitrogen and oxygen atoms in total. The number of esters is 2. The number of benzene rings is 2. The summed E-state index contributed by atoms with van der Waals surface area (Å²) in [5, 5.41) is 11.1. The molecule has 0 heterocycles. The Morgan fingerprint density at radius 2 is 1.41 bits per heavy atom. The van der Waals surface area contributed by atoms with Crippen LogP contribution in [0.5, 0.6) is 0 Å². The Hall–Kier alpha value is -5.51. The number of hydrogen-bond donors (Lipinski definition) is 4. The quantitative estimate of drug-likeness (QED) is 0.0990. The number of sulfone groups is 1. The number of carbonyl (C=O) groups is 6. The van der Waals surface area contributed by atoms with Gasteiger partial charge in [0.25, 0.3) is 0 Å². The van der Waals surface area contributed by atoms with Gasteiger partial charge < -0.3 is 35.5 Å². The molecule has 0 aliphatic heterocycles. The van der Waals surface area contributed by atoms with Crippen molar-refractivity contribution in [2.75, 3.05) is 20.5 Å². The number of nitrogens with one attached hydrogen (secondary N) is 4. The summed E-state index contributed by atoms with van der Waals surface area (Å²) in [5.41, 5.74) is 1.04. The summed E-state index contributed by atoms with van der Waals surface area (Å²) in [7, 11) is -1.29. The van der Waals surface area contributed by atoms with Crippen molar-refractivity contribution >= 4 is 45.6 Å². The third-order valence-corrected chi connectivity index (χ3v) is 7.73. The molecule has 0 fully saturated rings. The predicted molar refractivity (Wildman–Crippen MR) is 186 cm³/mol. The van der Waals surface area contributed by atoms with E-state index in [-0.39, 0.29) is 19.4 Å². The molecule has 0 radical (unpaired) electrons. The monoisotopic (exact) mass is 728 g/mol. The van der Waals surface area contributed by atoms with Gasteiger partial charge in [-0.1, -0.05) is 86.7 Å².